The Morgan fingerprint density at radius 3 is 2.54 bits per heavy atom. The molecular weight excluding hydrogens is 324 g/mol. The first-order chi connectivity index (χ1) is 12.6. The van der Waals surface area contributed by atoms with Gasteiger partial charge in [-0.25, -0.2) is 0 Å². The Bertz CT molecular complexity index is 819. The minimum Gasteiger partial charge on any atom is -0.369 e. The van der Waals surface area contributed by atoms with E-state index < -0.39 is 0 Å². The summed E-state index contributed by atoms with van der Waals surface area (Å²) in [5, 5.41) is 11.9. The molecule has 1 amide bonds. The molecule has 1 aliphatic rings. The third-order valence-electron chi connectivity index (χ3n) is 4.87. The molecule has 0 saturated carbocycles. The van der Waals surface area contributed by atoms with Crippen molar-refractivity contribution in [3.8, 4) is 6.07 Å². The van der Waals surface area contributed by atoms with E-state index in [-0.39, 0.29) is 11.9 Å². The zero-order chi connectivity index (χ0) is 18.5. The van der Waals surface area contributed by atoms with Gasteiger partial charge in [-0.2, -0.15) is 5.26 Å². The van der Waals surface area contributed by atoms with Gasteiger partial charge in [-0.15, -0.1) is 0 Å². The third-order valence-corrected chi connectivity index (χ3v) is 4.87. The summed E-state index contributed by atoms with van der Waals surface area (Å²) in [6.07, 6.45) is 0. The molecule has 0 unspecified atom stereocenters. The summed E-state index contributed by atoms with van der Waals surface area (Å²) in [4.78, 5) is 17.1. The van der Waals surface area contributed by atoms with Crippen LogP contribution >= 0.6 is 0 Å². The van der Waals surface area contributed by atoms with Gasteiger partial charge in [0.25, 0.3) is 0 Å². The van der Waals surface area contributed by atoms with Crippen LogP contribution in [0.25, 0.3) is 0 Å². The Morgan fingerprint density at radius 1 is 1.12 bits per heavy atom. The first kappa shape index (κ1) is 18.0. The predicted molar refractivity (Wildman–Crippen MR) is 104 cm³/mol. The number of carbonyl (C=O) groups excluding carboxylic acids is 1. The predicted octanol–water partition coefficient (Wildman–Crippen LogP) is 3.02. The summed E-state index contributed by atoms with van der Waals surface area (Å²) >= 11 is 0. The van der Waals surface area contributed by atoms with Crippen LogP contribution in [0.4, 0.5) is 11.4 Å². The lowest BCUT2D eigenvalue weighted by Gasteiger charge is -2.38. The van der Waals surface area contributed by atoms with Crippen molar-refractivity contribution >= 4 is 17.3 Å². The van der Waals surface area contributed by atoms with Crippen molar-refractivity contribution in [2.75, 3.05) is 36.4 Å². The van der Waals surface area contributed by atoms with E-state index in [1.54, 1.807) is 24.3 Å². The Morgan fingerprint density at radius 2 is 1.85 bits per heavy atom. The number of carbonyl (C=O) groups is 1. The monoisotopic (exact) mass is 348 g/mol. The Balaban J connectivity index is 1.56. The minimum atomic E-state index is -0.208. The molecule has 0 aliphatic carbocycles. The van der Waals surface area contributed by atoms with Crippen molar-refractivity contribution in [1.82, 2.24) is 4.90 Å². The van der Waals surface area contributed by atoms with Crippen molar-refractivity contribution in [3.05, 3.63) is 59.7 Å². The third kappa shape index (κ3) is 4.22. The maximum atomic E-state index is 12.6. The fraction of sp³-hybridized carbons (Fsp3) is 0.333. The lowest BCUT2D eigenvalue weighted by molar-refractivity contribution is -0.120. The molecule has 2 aromatic rings. The van der Waals surface area contributed by atoms with E-state index in [9.17, 15) is 4.79 Å². The highest BCUT2D eigenvalue weighted by Gasteiger charge is 2.25. The molecule has 1 atom stereocenters. The highest BCUT2D eigenvalue weighted by atomic mass is 16.2. The molecule has 0 aromatic heterocycles. The van der Waals surface area contributed by atoms with Gasteiger partial charge in [-0.05, 0) is 49.7 Å². The minimum absolute atomic E-state index is 0.0379. The van der Waals surface area contributed by atoms with Gasteiger partial charge in [0, 0.05) is 37.6 Å². The molecule has 26 heavy (non-hydrogen) atoms. The SMILES string of the molecule is Cc1cccc(N2CCN([C@H](C)C(=O)Nc3cccc(C#N)c3)CC2)c1. The van der Waals surface area contributed by atoms with Crippen LogP contribution in [0.5, 0.6) is 0 Å². The molecule has 0 spiro atoms. The molecule has 1 N–H and O–H groups in total. The molecule has 1 saturated heterocycles. The number of anilines is 2. The van der Waals surface area contributed by atoms with Gasteiger partial charge < -0.3 is 10.2 Å². The van der Waals surface area contributed by atoms with Crippen LogP contribution in [-0.2, 0) is 4.79 Å². The summed E-state index contributed by atoms with van der Waals surface area (Å²) in [5.41, 5.74) is 3.72. The van der Waals surface area contributed by atoms with Crippen LogP contribution in [0.2, 0.25) is 0 Å². The highest BCUT2D eigenvalue weighted by molar-refractivity contribution is 5.94. The summed E-state index contributed by atoms with van der Waals surface area (Å²) in [7, 11) is 0. The number of hydrogen-bond acceptors (Lipinski definition) is 4. The van der Waals surface area contributed by atoms with Gasteiger partial charge in [0.2, 0.25) is 5.91 Å². The Kier molecular flexibility index (Phi) is 5.55. The van der Waals surface area contributed by atoms with E-state index in [0.717, 1.165) is 26.2 Å². The van der Waals surface area contributed by atoms with Crippen LogP contribution in [0, 0.1) is 18.3 Å². The fourth-order valence-corrected chi connectivity index (χ4v) is 3.27. The zero-order valence-corrected chi connectivity index (χ0v) is 15.3. The summed E-state index contributed by atoms with van der Waals surface area (Å²) < 4.78 is 0. The summed E-state index contributed by atoms with van der Waals surface area (Å²) in [5.74, 6) is -0.0379. The molecular formula is C21H24N4O. The highest BCUT2D eigenvalue weighted by Crippen LogP contribution is 2.19. The number of benzene rings is 2. The molecule has 5 heteroatoms. The molecule has 1 aliphatic heterocycles. The molecule has 3 rings (SSSR count). The molecule has 0 bridgehead atoms. The fourth-order valence-electron chi connectivity index (χ4n) is 3.27. The second kappa shape index (κ2) is 8.03. The number of nitrogens with zero attached hydrogens (tertiary/aromatic N) is 3. The lowest BCUT2D eigenvalue weighted by Crippen LogP contribution is -2.52. The number of nitriles is 1. The number of hydrogen-bond donors (Lipinski definition) is 1. The standard InChI is InChI=1S/C21H24N4O/c1-16-5-3-8-20(13-16)25-11-9-24(10-12-25)17(2)21(26)23-19-7-4-6-18(14-19)15-22/h3-8,13-14,17H,9-12H2,1-2H3,(H,23,26)/t17-/m1/s1. The molecule has 2 aromatic carbocycles. The van der Waals surface area contributed by atoms with Gasteiger partial charge in [0.1, 0.15) is 0 Å². The average Bonchev–Trinajstić information content (AvgIpc) is 2.67. The summed E-state index contributed by atoms with van der Waals surface area (Å²) in [6, 6.07) is 17.4. The van der Waals surface area contributed by atoms with Crippen molar-refractivity contribution in [3.63, 3.8) is 0 Å². The Labute approximate surface area is 154 Å². The van der Waals surface area contributed by atoms with Gasteiger partial charge >= 0.3 is 0 Å². The molecule has 1 heterocycles. The number of rotatable bonds is 4. The van der Waals surface area contributed by atoms with Crippen LogP contribution in [0.3, 0.4) is 0 Å². The quantitative estimate of drug-likeness (QED) is 0.923. The molecule has 5 nitrogen and oxygen atoms in total. The van der Waals surface area contributed by atoms with E-state index in [0.29, 0.717) is 11.3 Å². The second-order valence-corrected chi connectivity index (χ2v) is 6.72. The first-order valence-corrected chi connectivity index (χ1v) is 8.93. The van der Waals surface area contributed by atoms with Crippen LogP contribution in [0.15, 0.2) is 48.5 Å². The van der Waals surface area contributed by atoms with E-state index in [2.05, 4.69) is 52.4 Å². The van der Waals surface area contributed by atoms with Crippen LogP contribution in [0.1, 0.15) is 18.1 Å². The van der Waals surface area contributed by atoms with Crippen molar-refractivity contribution in [1.29, 1.82) is 5.26 Å². The molecule has 1 fully saturated rings. The largest absolute Gasteiger partial charge is 0.369 e. The van der Waals surface area contributed by atoms with Crippen molar-refractivity contribution < 1.29 is 4.79 Å². The van der Waals surface area contributed by atoms with Crippen molar-refractivity contribution in [2.24, 2.45) is 0 Å². The normalized spacial score (nSPS) is 16.0. The van der Waals surface area contributed by atoms with E-state index in [4.69, 9.17) is 5.26 Å². The Hall–Kier alpha value is -2.84. The van der Waals surface area contributed by atoms with E-state index in [1.165, 1.54) is 11.3 Å². The van der Waals surface area contributed by atoms with E-state index in [1.807, 2.05) is 6.92 Å². The molecule has 0 radical (unpaired) electrons. The first-order valence-electron chi connectivity index (χ1n) is 8.93. The van der Waals surface area contributed by atoms with Gasteiger partial charge in [0.15, 0.2) is 0 Å². The number of piperazine rings is 1. The van der Waals surface area contributed by atoms with Gasteiger partial charge in [-0.1, -0.05) is 18.2 Å². The van der Waals surface area contributed by atoms with Crippen molar-refractivity contribution in [2.45, 2.75) is 19.9 Å². The topological polar surface area (TPSA) is 59.4 Å². The van der Waals surface area contributed by atoms with Gasteiger partial charge in [0.05, 0.1) is 17.7 Å². The smallest absolute Gasteiger partial charge is 0.241 e. The lowest BCUT2D eigenvalue weighted by atomic mass is 10.1. The number of nitrogens with one attached hydrogen (secondary N) is 1. The van der Waals surface area contributed by atoms with Gasteiger partial charge in [-0.3, -0.25) is 9.69 Å². The second-order valence-electron chi connectivity index (χ2n) is 6.72. The summed E-state index contributed by atoms with van der Waals surface area (Å²) in [6.45, 7) is 7.55. The van der Waals surface area contributed by atoms with Crippen LogP contribution in [-0.4, -0.2) is 43.0 Å². The number of aryl methyl sites for hydroxylation is 1. The maximum Gasteiger partial charge on any atom is 0.241 e. The number of amides is 1. The molecule has 134 valence electrons. The zero-order valence-electron chi connectivity index (χ0n) is 15.3. The maximum absolute atomic E-state index is 12.6. The van der Waals surface area contributed by atoms with Crippen LogP contribution < -0.4 is 10.2 Å². The van der Waals surface area contributed by atoms with E-state index >= 15 is 0 Å². The average molecular weight is 348 g/mol.